The van der Waals surface area contributed by atoms with E-state index in [0.29, 0.717) is 24.3 Å². The van der Waals surface area contributed by atoms with Crippen LogP contribution in [0.25, 0.3) is 0 Å². The Morgan fingerprint density at radius 2 is 1.80 bits per heavy atom. The molecule has 1 heterocycles. The van der Waals surface area contributed by atoms with Gasteiger partial charge in [0.25, 0.3) is 0 Å². The van der Waals surface area contributed by atoms with E-state index in [-0.39, 0.29) is 0 Å². The van der Waals surface area contributed by atoms with Gasteiger partial charge in [0.05, 0.1) is 12.2 Å². The predicted molar refractivity (Wildman–Crippen MR) is 85.1 cm³/mol. The van der Waals surface area contributed by atoms with Crippen molar-refractivity contribution in [3.05, 3.63) is 0 Å². The van der Waals surface area contributed by atoms with E-state index in [4.69, 9.17) is 4.74 Å². The number of hydrogen-bond donors (Lipinski definition) is 1. The van der Waals surface area contributed by atoms with Gasteiger partial charge in [-0.05, 0) is 45.6 Å². The monoisotopic (exact) mass is 282 g/mol. The van der Waals surface area contributed by atoms with Crippen molar-refractivity contribution < 1.29 is 4.74 Å². The quantitative estimate of drug-likeness (QED) is 0.839. The Hall–Kier alpha value is -0.120. The van der Waals surface area contributed by atoms with Gasteiger partial charge in [-0.1, -0.05) is 26.7 Å². The molecule has 5 atom stereocenters. The Bertz CT molecular complexity index is 274. The lowest BCUT2D eigenvalue weighted by Crippen LogP contribution is -2.58. The van der Waals surface area contributed by atoms with E-state index in [1.54, 1.807) is 0 Å². The molecule has 0 bridgehead atoms. The Balaban J connectivity index is 2.01. The molecular weight excluding hydrogens is 248 g/mol. The molecule has 3 unspecified atom stereocenters. The van der Waals surface area contributed by atoms with Crippen LogP contribution in [-0.2, 0) is 4.74 Å². The summed E-state index contributed by atoms with van der Waals surface area (Å²) in [6.07, 6.45) is 7.65. The fraction of sp³-hybridized carbons (Fsp3) is 1.00. The number of ether oxygens (including phenoxy) is 1. The highest BCUT2D eigenvalue weighted by molar-refractivity contribution is 4.93. The SMILES string of the molecule is CCCC1CCC(NCC)C(N2C[C@@H](C)O[C@@H](C)C2)C1. The van der Waals surface area contributed by atoms with E-state index >= 15 is 0 Å². The molecule has 0 aromatic heterocycles. The molecule has 3 nitrogen and oxygen atoms in total. The molecule has 2 rings (SSSR count). The van der Waals surface area contributed by atoms with Gasteiger partial charge in [-0.25, -0.2) is 0 Å². The van der Waals surface area contributed by atoms with Gasteiger partial charge in [0.15, 0.2) is 0 Å². The lowest BCUT2D eigenvalue weighted by atomic mass is 9.79. The van der Waals surface area contributed by atoms with Crippen LogP contribution in [0.2, 0.25) is 0 Å². The molecule has 20 heavy (non-hydrogen) atoms. The first kappa shape index (κ1) is 16.3. The third-order valence-electron chi connectivity index (χ3n) is 5.01. The molecule has 2 fully saturated rings. The summed E-state index contributed by atoms with van der Waals surface area (Å²) < 4.78 is 5.91. The van der Waals surface area contributed by atoms with Crippen molar-refractivity contribution in [2.24, 2.45) is 5.92 Å². The van der Waals surface area contributed by atoms with Crippen LogP contribution in [0.4, 0.5) is 0 Å². The first-order chi connectivity index (χ1) is 9.63. The summed E-state index contributed by atoms with van der Waals surface area (Å²) in [6, 6.07) is 1.40. The summed E-state index contributed by atoms with van der Waals surface area (Å²) in [5.74, 6) is 0.938. The Morgan fingerprint density at radius 1 is 1.10 bits per heavy atom. The fourth-order valence-corrected chi connectivity index (χ4v) is 4.29. The minimum absolute atomic E-state index is 0.382. The second kappa shape index (κ2) is 7.77. The molecule has 118 valence electrons. The van der Waals surface area contributed by atoms with Crippen molar-refractivity contribution in [3.63, 3.8) is 0 Å². The zero-order valence-electron chi connectivity index (χ0n) is 13.9. The average Bonchev–Trinajstić information content (AvgIpc) is 2.40. The summed E-state index contributed by atoms with van der Waals surface area (Å²) in [6.45, 7) is 12.3. The molecule has 1 saturated carbocycles. The van der Waals surface area contributed by atoms with Crippen molar-refractivity contribution in [1.82, 2.24) is 10.2 Å². The second-order valence-corrected chi connectivity index (χ2v) is 6.91. The second-order valence-electron chi connectivity index (χ2n) is 6.91. The molecule has 0 radical (unpaired) electrons. The van der Waals surface area contributed by atoms with Crippen molar-refractivity contribution in [1.29, 1.82) is 0 Å². The van der Waals surface area contributed by atoms with Crippen LogP contribution in [0.1, 0.15) is 59.8 Å². The van der Waals surface area contributed by atoms with Gasteiger partial charge < -0.3 is 10.1 Å². The predicted octanol–water partition coefficient (Wildman–Crippen LogP) is 3.04. The van der Waals surface area contributed by atoms with Crippen molar-refractivity contribution in [2.75, 3.05) is 19.6 Å². The molecule has 3 heteroatoms. The number of nitrogens with zero attached hydrogens (tertiary/aromatic N) is 1. The van der Waals surface area contributed by atoms with E-state index < -0.39 is 0 Å². The lowest BCUT2D eigenvalue weighted by Gasteiger charge is -2.47. The molecule has 0 aromatic carbocycles. The van der Waals surface area contributed by atoms with Crippen LogP contribution in [-0.4, -0.2) is 48.8 Å². The molecule has 0 spiro atoms. The number of morpholine rings is 1. The van der Waals surface area contributed by atoms with E-state index in [1.807, 2.05) is 0 Å². The molecule has 1 aliphatic carbocycles. The van der Waals surface area contributed by atoms with Crippen LogP contribution >= 0.6 is 0 Å². The number of nitrogens with one attached hydrogen (secondary N) is 1. The highest BCUT2D eigenvalue weighted by atomic mass is 16.5. The van der Waals surface area contributed by atoms with E-state index in [9.17, 15) is 0 Å². The molecule has 0 aromatic rings. The number of likely N-dealkylation sites (N-methyl/N-ethyl adjacent to an activating group) is 1. The minimum atomic E-state index is 0.382. The van der Waals surface area contributed by atoms with Crippen LogP contribution in [0.3, 0.4) is 0 Å². The average molecular weight is 282 g/mol. The highest BCUT2D eigenvalue weighted by Gasteiger charge is 2.36. The van der Waals surface area contributed by atoms with E-state index in [1.165, 1.54) is 32.1 Å². The maximum atomic E-state index is 5.91. The summed E-state index contributed by atoms with van der Waals surface area (Å²) in [5, 5.41) is 3.74. The van der Waals surface area contributed by atoms with Gasteiger partial charge in [0, 0.05) is 25.2 Å². The molecular formula is C17H34N2O. The van der Waals surface area contributed by atoms with Gasteiger partial charge in [-0.15, -0.1) is 0 Å². The fourth-order valence-electron chi connectivity index (χ4n) is 4.29. The van der Waals surface area contributed by atoms with E-state index in [2.05, 4.69) is 37.9 Å². The van der Waals surface area contributed by atoms with Gasteiger partial charge in [-0.3, -0.25) is 4.90 Å². The lowest BCUT2D eigenvalue weighted by molar-refractivity contribution is -0.0906. The van der Waals surface area contributed by atoms with Crippen LogP contribution in [0, 0.1) is 5.92 Å². The Kier molecular flexibility index (Phi) is 6.31. The summed E-state index contributed by atoms with van der Waals surface area (Å²) in [7, 11) is 0. The zero-order chi connectivity index (χ0) is 14.5. The maximum absolute atomic E-state index is 5.91. The first-order valence-electron chi connectivity index (χ1n) is 8.76. The van der Waals surface area contributed by atoms with E-state index in [0.717, 1.165) is 25.6 Å². The standard InChI is InChI=1S/C17H34N2O/c1-5-7-15-8-9-16(18-6-2)17(10-15)19-11-13(3)20-14(4)12-19/h13-18H,5-12H2,1-4H3/t13-,14+,15?,16?,17?. The van der Waals surface area contributed by atoms with Crippen molar-refractivity contribution >= 4 is 0 Å². The third-order valence-corrected chi connectivity index (χ3v) is 5.01. The number of hydrogen-bond acceptors (Lipinski definition) is 3. The topological polar surface area (TPSA) is 24.5 Å². The summed E-state index contributed by atoms with van der Waals surface area (Å²) in [4.78, 5) is 2.72. The first-order valence-corrected chi connectivity index (χ1v) is 8.76. The van der Waals surface area contributed by atoms with Crippen molar-refractivity contribution in [2.45, 2.75) is 84.1 Å². The maximum Gasteiger partial charge on any atom is 0.0678 e. The minimum Gasteiger partial charge on any atom is -0.373 e. The zero-order valence-corrected chi connectivity index (χ0v) is 13.9. The molecule has 2 aliphatic rings. The smallest absolute Gasteiger partial charge is 0.0678 e. The van der Waals surface area contributed by atoms with Gasteiger partial charge in [0.1, 0.15) is 0 Å². The normalized spacial score (nSPS) is 39.9. The third kappa shape index (κ3) is 4.19. The van der Waals surface area contributed by atoms with Crippen LogP contribution in [0.5, 0.6) is 0 Å². The highest BCUT2D eigenvalue weighted by Crippen LogP contribution is 2.32. The Morgan fingerprint density at radius 3 is 2.40 bits per heavy atom. The van der Waals surface area contributed by atoms with Crippen molar-refractivity contribution in [3.8, 4) is 0 Å². The Labute approximate surface area is 125 Å². The molecule has 0 amide bonds. The molecule has 1 N–H and O–H groups in total. The van der Waals surface area contributed by atoms with Gasteiger partial charge in [0.2, 0.25) is 0 Å². The van der Waals surface area contributed by atoms with Crippen LogP contribution < -0.4 is 5.32 Å². The van der Waals surface area contributed by atoms with Gasteiger partial charge >= 0.3 is 0 Å². The molecule has 1 aliphatic heterocycles. The molecule has 1 saturated heterocycles. The number of rotatable bonds is 5. The van der Waals surface area contributed by atoms with Crippen LogP contribution in [0.15, 0.2) is 0 Å². The largest absolute Gasteiger partial charge is 0.373 e. The summed E-state index contributed by atoms with van der Waals surface area (Å²) >= 11 is 0. The summed E-state index contributed by atoms with van der Waals surface area (Å²) in [5.41, 5.74) is 0. The van der Waals surface area contributed by atoms with Gasteiger partial charge in [-0.2, -0.15) is 0 Å².